The molecule has 100 valence electrons. The summed E-state index contributed by atoms with van der Waals surface area (Å²) in [5, 5.41) is 0.896. The topological polar surface area (TPSA) is 64.3 Å². The number of rotatable bonds is 4. The van der Waals surface area contributed by atoms with Crippen LogP contribution in [0.4, 0.5) is 0 Å². The van der Waals surface area contributed by atoms with Crippen molar-refractivity contribution in [2.75, 3.05) is 0 Å². The number of ether oxygens (including phenoxy) is 1. The van der Waals surface area contributed by atoms with Crippen molar-refractivity contribution in [1.29, 1.82) is 0 Å². The lowest BCUT2D eigenvalue weighted by Gasteiger charge is -2.08. The molecule has 2 rings (SSSR count). The van der Waals surface area contributed by atoms with Crippen LogP contribution in [0.2, 0.25) is 10.0 Å². The largest absolute Gasteiger partial charge is 0.485 e. The Morgan fingerprint density at radius 2 is 1.95 bits per heavy atom. The third-order valence-corrected chi connectivity index (χ3v) is 3.95. The van der Waals surface area contributed by atoms with Crippen LogP contribution in [0.3, 0.4) is 0 Å². The lowest BCUT2D eigenvalue weighted by atomic mass is 10.3. The minimum absolute atomic E-state index is 0.284. The number of carbonyl (C=O) groups is 1. The minimum atomic E-state index is -0.327. The van der Waals surface area contributed by atoms with Crippen LogP contribution in [-0.2, 0) is 6.61 Å². The molecule has 0 unspecified atom stereocenters. The molecule has 1 amide bonds. The summed E-state index contributed by atoms with van der Waals surface area (Å²) in [5.74, 6) is 5.17. The number of nitrogen functional groups attached to an aromatic ring is 1. The highest BCUT2D eigenvalue weighted by Gasteiger charge is 2.10. The molecular weight excluding hydrogens is 307 g/mol. The van der Waals surface area contributed by atoms with E-state index >= 15 is 0 Å². The first-order chi connectivity index (χ1) is 9.11. The van der Waals surface area contributed by atoms with Gasteiger partial charge in [-0.25, -0.2) is 5.84 Å². The number of nitrogens with one attached hydrogen (secondary N) is 1. The number of thiophene rings is 1. The van der Waals surface area contributed by atoms with E-state index in [9.17, 15) is 4.79 Å². The molecule has 0 atom stereocenters. The van der Waals surface area contributed by atoms with E-state index in [0.29, 0.717) is 20.7 Å². The lowest BCUT2D eigenvalue weighted by molar-refractivity contribution is 0.0957. The third kappa shape index (κ3) is 3.39. The van der Waals surface area contributed by atoms with Crippen LogP contribution >= 0.6 is 34.5 Å². The summed E-state index contributed by atoms with van der Waals surface area (Å²) in [6.45, 7) is 0.284. The maximum Gasteiger partial charge on any atom is 0.275 e. The third-order valence-electron chi connectivity index (χ3n) is 2.29. The quantitative estimate of drug-likeness (QED) is 0.517. The van der Waals surface area contributed by atoms with E-state index in [2.05, 4.69) is 5.43 Å². The van der Waals surface area contributed by atoms with Crippen molar-refractivity contribution in [1.82, 2.24) is 5.43 Å². The molecular formula is C12H10Cl2N2O2S. The van der Waals surface area contributed by atoms with E-state index in [4.69, 9.17) is 33.8 Å². The summed E-state index contributed by atoms with van der Waals surface area (Å²) in [5.41, 5.74) is 2.08. The van der Waals surface area contributed by atoms with Crippen LogP contribution in [-0.4, -0.2) is 5.91 Å². The first kappa shape index (κ1) is 14.1. The average Bonchev–Trinajstić information content (AvgIpc) is 2.86. The molecule has 2 aromatic rings. The van der Waals surface area contributed by atoms with Gasteiger partial charge in [0, 0.05) is 4.88 Å². The predicted octanol–water partition coefficient (Wildman–Crippen LogP) is 3.24. The van der Waals surface area contributed by atoms with Gasteiger partial charge in [0.25, 0.3) is 5.91 Å². The van der Waals surface area contributed by atoms with E-state index in [-0.39, 0.29) is 12.5 Å². The zero-order chi connectivity index (χ0) is 13.8. The zero-order valence-electron chi connectivity index (χ0n) is 9.65. The molecule has 19 heavy (non-hydrogen) atoms. The molecule has 0 saturated heterocycles. The molecule has 1 aromatic heterocycles. The standard InChI is InChI=1S/C12H10Cl2N2O2S/c13-8-2-1-3-9(14)11(8)18-6-7-4-5-10(19-7)12(17)16-15/h1-5H,6,15H2,(H,16,17). The second-order valence-corrected chi connectivity index (χ2v) is 5.56. The zero-order valence-corrected chi connectivity index (χ0v) is 12.0. The van der Waals surface area contributed by atoms with Gasteiger partial charge in [-0.1, -0.05) is 29.3 Å². The number of amides is 1. The summed E-state index contributed by atoms with van der Waals surface area (Å²) < 4.78 is 5.56. The molecule has 0 saturated carbocycles. The van der Waals surface area contributed by atoms with E-state index in [1.165, 1.54) is 11.3 Å². The highest BCUT2D eigenvalue weighted by atomic mass is 35.5. The van der Waals surface area contributed by atoms with Crippen LogP contribution in [0.15, 0.2) is 30.3 Å². The monoisotopic (exact) mass is 316 g/mol. The summed E-state index contributed by atoms with van der Waals surface area (Å²) in [7, 11) is 0. The fraction of sp³-hybridized carbons (Fsp3) is 0.0833. The number of benzene rings is 1. The smallest absolute Gasteiger partial charge is 0.275 e. The van der Waals surface area contributed by atoms with Gasteiger partial charge in [0.2, 0.25) is 0 Å². The maximum atomic E-state index is 11.3. The van der Waals surface area contributed by atoms with Crippen molar-refractivity contribution in [3.8, 4) is 5.75 Å². The van der Waals surface area contributed by atoms with Crippen molar-refractivity contribution in [3.63, 3.8) is 0 Å². The Kier molecular flexibility index (Phi) is 4.66. The Hall–Kier alpha value is -1.27. The predicted molar refractivity (Wildman–Crippen MR) is 76.8 cm³/mol. The summed E-state index contributed by atoms with van der Waals surface area (Å²) in [6, 6.07) is 8.61. The first-order valence-electron chi connectivity index (χ1n) is 5.28. The average molecular weight is 317 g/mol. The summed E-state index contributed by atoms with van der Waals surface area (Å²) >= 11 is 13.3. The van der Waals surface area contributed by atoms with Crippen molar-refractivity contribution in [2.24, 2.45) is 5.84 Å². The van der Waals surface area contributed by atoms with Crippen molar-refractivity contribution in [3.05, 3.63) is 50.1 Å². The van der Waals surface area contributed by atoms with Crippen LogP contribution in [0.5, 0.6) is 5.75 Å². The van der Waals surface area contributed by atoms with Crippen LogP contribution in [0.25, 0.3) is 0 Å². The molecule has 0 aliphatic heterocycles. The number of hydrogen-bond acceptors (Lipinski definition) is 4. The molecule has 7 heteroatoms. The van der Waals surface area contributed by atoms with E-state index < -0.39 is 0 Å². The summed E-state index contributed by atoms with van der Waals surface area (Å²) in [4.78, 5) is 12.7. The second kappa shape index (κ2) is 6.25. The molecule has 0 aliphatic carbocycles. The summed E-state index contributed by atoms with van der Waals surface area (Å²) in [6.07, 6.45) is 0. The number of carbonyl (C=O) groups excluding carboxylic acids is 1. The number of halogens is 2. The number of nitrogens with two attached hydrogens (primary N) is 1. The van der Waals surface area contributed by atoms with Crippen molar-refractivity contribution in [2.45, 2.75) is 6.61 Å². The van der Waals surface area contributed by atoms with E-state index in [1.54, 1.807) is 30.3 Å². The fourth-order valence-electron chi connectivity index (χ4n) is 1.41. The number of hydrogen-bond donors (Lipinski definition) is 2. The van der Waals surface area contributed by atoms with Gasteiger partial charge in [-0.05, 0) is 24.3 Å². The highest BCUT2D eigenvalue weighted by Crippen LogP contribution is 2.33. The van der Waals surface area contributed by atoms with Gasteiger partial charge in [-0.2, -0.15) is 0 Å². The second-order valence-electron chi connectivity index (χ2n) is 3.58. The van der Waals surface area contributed by atoms with E-state index in [0.717, 1.165) is 4.88 Å². The molecule has 1 heterocycles. The molecule has 4 nitrogen and oxygen atoms in total. The van der Waals surface area contributed by atoms with Gasteiger partial charge in [-0.3, -0.25) is 10.2 Å². The minimum Gasteiger partial charge on any atom is -0.485 e. The van der Waals surface area contributed by atoms with Crippen LogP contribution < -0.4 is 16.0 Å². The van der Waals surface area contributed by atoms with E-state index in [1.807, 2.05) is 0 Å². The molecule has 0 aliphatic rings. The normalized spacial score (nSPS) is 10.3. The number of para-hydroxylation sites is 1. The molecule has 0 radical (unpaired) electrons. The Balaban J connectivity index is 2.07. The molecule has 0 bridgehead atoms. The molecule has 1 aromatic carbocycles. The Labute approximate surface area is 124 Å². The van der Waals surface area contributed by atoms with Gasteiger partial charge in [0.05, 0.1) is 14.9 Å². The van der Waals surface area contributed by atoms with Crippen molar-refractivity contribution < 1.29 is 9.53 Å². The van der Waals surface area contributed by atoms with Gasteiger partial charge < -0.3 is 4.74 Å². The van der Waals surface area contributed by atoms with Gasteiger partial charge in [0.1, 0.15) is 6.61 Å². The Morgan fingerprint density at radius 1 is 1.26 bits per heavy atom. The van der Waals surface area contributed by atoms with Crippen LogP contribution in [0, 0.1) is 0 Å². The van der Waals surface area contributed by atoms with Gasteiger partial charge >= 0.3 is 0 Å². The van der Waals surface area contributed by atoms with Crippen LogP contribution in [0.1, 0.15) is 14.5 Å². The lowest BCUT2D eigenvalue weighted by Crippen LogP contribution is -2.29. The Morgan fingerprint density at radius 3 is 2.58 bits per heavy atom. The first-order valence-corrected chi connectivity index (χ1v) is 6.85. The highest BCUT2D eigenvalue weighted by molar-refractivity contribution is 7.14. The maximum absolute atomic E-state index is 11.3. The molecule has 0 fully saturated rings. The Bertz CT molecular complexity index is 581. The molecule has 3 N–H and O–H groups in total. The number of hydrazine groups is 1. The van der Waals surface area contributed by atoms with Gasteiger partial charge in [0.15, 0.2) is 5.75 Å². The van der Waals surface area contributed by atoms with Gasteiger partial charge in [-0.15, -0.1) is 11.3 Å². The fourth-order valence-corrected chi connectivity index (χ4v) is 2.74. The molecule has 0 spiro atoms. The van der Waals surface area contributed by atoms with Crippen molar-refractivity contribution >= 4 is 40.4 Å². The SMILES string of the molecule is NNC(=O)c1ccc(COc2c(Cl)cccc2Cl)s1.